The first-order chi connectivity index (χ1) is 19.5. The summed E-state index contributed by atoms with van der Waals surface area (Å²) in [5.74, 6) is 2.22. The van der Waals surface area contributed by atoms with Crippen molar-refractivity contribution in [2.45, 2.75) is 77.3 Å². The number of hydrogen-bond acceptors (Lipinski definition) is 7. The molecular formula is C32H44ClN5O2. The summed E-state index contributed by atoms with van der Waals surface area (Å²) in [7, 11) is 0. The number of rotatable bonds is 9. The average Bonchev–Trinajstić information content (AvgIpc) is 3.00. The van der Waals surface area contributed by atoms with E-state index in [4.69, 9.17) is 26.1 Å². The lowest BCUT2D eigenvalue weighted by atomic mass is 9.76. The normalized spacial score (nSPS) is 26.1. The van der Waals surface area contributed by atoms with Crippen LogP contribution in [0.25, 0.3) is 11.3 Å². The molecule has 1 aliphatic carbocycles. The highest BCUT2D eigenvalue weighted by Gasteiger charge is 2.33. The van der Waals surface area contributed by atoms with E-state index in [-0.39, 0.29) is 0 Å². The molecule has 7 nitrogen and oxygen atoms in total. The maximum absolute atomic E-state index is 9.77. The molecule has 2 aromatic heterocycles. The summed E-state index contributed by atoms with van der Waals surface area (Å²) < 4.78 is 11.1. The molecule has 4 heterocycles. The zero-order valence-electron chi connectivity index (χ0n) is 24.1. The van der Waals surface area contributed by atoms with Crippen molar-refractivity contribution in [3.05, 3.63) is 41.2 Å². The molecule has 0 bridgehead atoms. The summed E-state index contributed by atoms with van der Waals surface area (Å²) >= 11 is 6.61. The lowest BCUT2D eigenvalue weighted by molar-refractivity contribution is -0.0338. The van der Waals surface area contributed by atoms with E-state index in [1.165, 1.54) is 25.7 Å². The predicted octanol–water partition coefficient (Wildman–Crippen LogP) is 6.38. The molecule has 3 fully saturated rings. The smallest absolute Gasteiger partial charge is 0.126 e. The minimum absolute atomic E-state index is 0.408. The highest BCUT2D eigenvalue weighted by molar-refractivity contribution is 6.33. The maximum Gasteiger partial charge on any atom is 0.126 e. The minimum atomic E-state index is -0.408. The second kappa shape index (κ2) is 13.6. The van der Waals surface area contributed by atoms with Gasteiger partial charge in [0, 0.05) is 55.8 Å². The SMILES string of the molecule is CC(CCc1cc(-c2cccc(NCC3(C#N)CCOCC3)n2)c(Cl)cn1)C1CCC(N2CCOCC2C)CC1. The van der Waals surface area contributed by atoms with Crippen LogP contribution in [0.2, 0.25) is 5.02 Å². The summed E-state index contributed by atoms with van der Waals surface area (Å²) in [5.41, 5.74) is 2.38. The largest absolute Gasteiger partial charge is 0.381 e. The van der Waals surface area contributed by atoms with Crippen molar-refractivity contribution < 1.29 is 9.47 Å². The van der Waals surface area contributed by atoms with E-state index in [0.29, 0.717) is 36.7 Å². The van der Waals surface area contributed by atoms with E-state index < -0.39 is 5.41 Å². The number of ether oxygens (including phenoxy) is 2. The number of nitriles is 1. The van der Waals surface area contributed by atoms with Gasteiger partial charge >= 0.3 is 0 Å². The molecule has 1 N–H and O–H groups in total. The van der Waals surface area contributed by atoms with E-state index in [1.807, 2.05) is 18.2 Å². The summed E-state index contributed by atoms with van der Waals surface area (Å²) in [6, 6.07) is 11.8. The number of aromatic nitrogens is 2. The van der Waals surface area contributed by atoms with E-state index in [9.17, 15) is 5.26 Å². The highest BCUT2D eigenvalue weighted by Crippen LogP contribution is 2.36. The van der Waals surface area contributed by atoms with Crippen LogP contribution in [0.15, 0.2) is 30.5 Å². The van der Waals surface area contributed by atoms with Gasteiger partial charge in [-0.05, 0) is 88.3 Å². The maximum atomic E-state index is 9.77. The Labute approximate surface area is 244 Å². The molecule has 2 aliphatic heterocycles. The van der Waals surface area contributed by atoms with Crippen molar-refractivity contribution in [1.29, 1.82) is 5.26 Å². The van der Waals surface area contributed by atoms with Crippen molar-refractivity contribution in [3.8, 4) is 17.3 Å². The quantitative estimate of drug-likeness (QED) is 0.378. The van der Waals surface area contributed by atoms with Crippen molar-refractivity contribution in [2.24, 2.45) is 17.3 Å². The third-order valence-electron chi connectivity index (χ3n) is 9.52. The molecule has 1 saturated carbocycles. The van der Waals surface area contributed by atoms with Gasteiger partial charge in [-0.2, -0.15) is 5.26 Å². The first-order valence-corrected chi connectivity index (χ1v) is 15.5. The Morgan fingerprint density at radius 1 is 1.18 bits per heavy atom. The van der Waals surface area contributed by atoms with Gasteiger partial charge in [-0.1, -0.05) is 24.6 Å². The first-order valence-electron chi connectivity index (χ1n) is 15.1. The van der Waals surface area contributed by atoms with Gasteiger partial charge in [0.2, 0.25) is 0 Å². The Hall–Kier alpha value is -2.24. The number of hydrogen-bond donors (Lipinski definition) is 1. The lowest BCUT2D eigenvalue weighted by Crippen LogP contribution is -2.50. The summed E-state index contributed by atoms with van der Waals surface area (Å²) in [4.78, 5) is 12.2. The number of morpholine rings is 1. The van der Waals surface area contributed by atoms with Crippen LogP contribution < -0.4 is 5.32 Å². The summed E-state index contributed by atoms with van der Waals surface area (Å²) in [5, 5.41) is 13.8. The molecule has 40 heavy (non-hydrogen) atoms. The van der Waals surface area contributed by atoms with E-state index >= 15 is 0 Å². The number of aryl methyl sites for hydroxylation is 1. The standard InChI is InChI=1S/C32H44ClN5O2/c1-23(25-7-10-27(11-8-25)38-14-17-40-20-24(38)2)6-9-26-18-28(29(33)19-35-26)30-4-3-5-31(37-30)36-22-32(21-34)12-15-39-16-13-32/h3-5,18-19,23-25,27H,6-17,20,22H2,1-2H3,(H,36,37). The van der Waals surface area contributed by atoms with Crippen LogP contribution in [0.3, 0.4) is 0 Å². The molecular weight excluding hydrogens is 522 g/mol. The van der Waals surface area contributed by atoms with Crippen molar-refractivity contribution in [3.63, 3.8) is 0 Å². The van der Waals surface area contributed by atoms with Crippen LogP contribution in [0.1, 0.15) is 64.5 Å². The van der Waals surface area contributed by atoms with Gasteiger partial charge in [0.1, 0.15) is 5.82 Å². The molecule has 2 saturated heterocycles. The van der Waals surface area contributed by atoms with Crippen molar-refractivity contribution in [1.82, 2.24) is 14.9 Å². The Morgan fingerprint density at radius 3 is 2.73 bits per heavy atom. The third-order valence-corrected chi connectivity index (χ3v) is 9.82. The van der Waals surface area contributed by atoms with E-state index in [1.54, 1.807) is 6.20 Å². The van der Waals surface area contributed by atoms with Gasteiger partial charge in [-0.15, -0.1) is 0 Å². The molecule has 0 aromatic carbocycles. The van der Waals surface area contributed by atoms with Gasteiger partial charge in [0.05, 0.1) is 35.4 Å². The number of nitrogens with zero attached hydrogens (tertiary/aromatic N) is 4. The molecule has 3 aliphatic rings. The monoisotopic (exact) mass is 565 g/mol. The zero-order chi connectivity index (χ0) is 28.0. The fraction of sp³-hybridized carbons (Fsp3) is 0.656. The van der Waals surface area contributed by atoms with Gasteiger partial charge in [0.15, 0.2) is 0 Å². The molecule has 0 radical (unpaired) electrons. The molecule has 5 rings (SSSR count). The van der Waals surface area contributed by atoms with Gasteiger partial charge < -0.3 is 14.8 Å². The van der Waals surface area contributed by atoms with Crippen LogP contribution in [0, 0.1) is 28.6 Å². The second-order valence-corrected chi connectivity index (χ2v) is 12.6. The minimum Gasteiger partial charge on any atom is -0.381 e. The second-order valence-electron chi connectivity index (χ2n) is 12.2. The number of pyridine rings is 2. The lowest BCUT2D eigenvalue weighted by Gasteiger charge is -2.43. The van der Waals surface area contributed by atoms with Crippen molar-refractivity contribution >= 4 is 17.4 Å². The molecule has 216 valence electrons. The zero-order valence-corrected chi connectivity index (χ0v) is 24.8. The van der Waals surface area contributed by atoms with Crippen LogP contribution in [0.5, 0.6) is 0 Å². The molecule has 2 atom stereocenters. The van der Waals surface area contributed by atoms with Crippen LogP contribution in [0.4, 0.5) is 5.82 Å². The van der Waals surface area contributed by atoms with Crippen LogP contribution in [-0.2, 0) is 15.9 Å². The Balaban J connectivity index is 1.16. The Bertz CT molecular complexity index is 1160. The summed E-state index contributed by atoms with van der Waals surface area (Å²) in [6.07, 6.45) is 10.6. The highest BCUT2D eigenvalue weighted by atomic mass is 35.5. The molecule has 8 heteroatoms. The molecule has 2 unspecified atom stereocenters. The number of halogens is 1. The number of anilines is 1. The molecule has 2 aromatic rings. The van der Waals surface area contributed by atoms with Gasteiger partial charge in [-0.3, -0.25) is 9.88 Å². The van der Waals surface area contributed by atoms with E-state index in [2.05, 4.69) is 41.2 Å². The third kappa shape index (κ3) is 7.15. The van der Waals surface area contributed by atoms with Crippen LogP contribution >= 0.6 is 11.6 Å². The fourth-order valence-corrected chi connectivity index (χ4v) is 6.94. The molecule has 0 amide bonds. The number of nitrogens with one attached hydrogen (secondary N) is 1. The predicted molar refractivity (Wildman–Crippen MR) is 159 cm³/mol. The van der Waals surface area contributed by atoms with Crippen LogP contribution in [-0.4, -0.2) is 66.5 Å². The fourth-order valence-electron chi connectivity index (χ4n) is 6.74. The first kappa shape index (κ1) is 29.3. The molecule has 0 spiro atoms. The Morgan fingerprint density at radius 2 is 1.98 bits per heavy atom. The Kier molecular flexibility index (Phi) is 9.96. The summed E-state index contributed by atoms with van der Waals surface area (Å²) in [6.45, 7) is 9.39. The average molecular weight is 566 g/mol. The van der Waals surface area contributed by atoms with Crippen molar-refractivity contribution in [2.75, 3.05) is 44.8 Å². The van der Waals surface area contributed by atoms with Gasteiger partial charge in [-0.25, -0.2) is 4.98 Å². The van der Waals surface area contributed by atoms with E-state index in [0.717, 1.165) is 80.2 Å². The topological polar surface area (TPSA) is 83.3 Å². The van der Waals surface area contributed by atoms with Gasteiger partial charge in [0.25, 0.3) is 0 Å².